The molecule has 0 saturated carbocycles. The predicted octanol–water partition coefficient (Wildman–Crippen LogP) is 2.70. The second-order valence-corrected chi connectivity index (χ2v) is 10.3. The lowest BCUT2D eigenvalue weighted by molar-refractivity contribution is 0.476. The van der Waals surface area contributed by atoms with E-state index in [4.69, 9.17) is 5.73 Å². The van der Waals surface area contributed by atoms with Gasteiger partial charge in [-0.05, 0) is 12.3 Å². The van der Waals surface area contributed by atoms with E-state index < -0.39 is 8.07 Å². The summed E-state index contributed by atoms with van der Waals surface area (Å²) in [6, 6.07) is 1.78. The first kappa shape index (κ1) is 11.2. The lowest BCUT2D eigenvalue weighted by Gasteiger charge is -2.25. The quantitative estimate of drug-likeness (QED) is 0.650. The van der Waals surface area contributed by atoms with Gasteiger partial charge in [0.15, 0.2) is 0 Å². The van der Waals surface area contributed by atoms with Crippen LogP contribution < -0.4 is 5.73 Å². The molecule has 0 aromatic heterocycles. The van der Waals surface area contributed by atoms with Crippen molar-refractivity contribution in [3.63, 3.8) is 0 Å². The monoisotopic (exact) mass is 173 g/mol. The van der Waals surface area contributed by atoms with Gasteiger partial charge in [-0.2, -0.15) is 0 Å². The highest BCUT2D eigenvalue weighted by atomic mass is 28.3. The van der Waals surface area contributed by atoms with Crippen LogP contribution in [0.5, 0.6) is 0 Å². The van der Waals surface area contributed by atoms with E-state index in [1.54, 1.807) is 0 Å². The van der Waals surface area contributed by atoms with Crippen LogP contribution in [0.15, 0.2) is 0 Å². The summed E-state index contributed by atoms with van der Waals surface area (Å²) in [5, 5.41) is 0. The van der Waals surface area contributed by atoms with Crippen LogP contribution in [0.1, 0.15) is 20.3 Å². The van der Waals surface area contributed by atoms with Gasteiger partial charge in [0, 0.05) is 14.1 Å². The van der Waals surface area contributed by atoms with E-state index in [1.165, 1.54) is 6.04 Å². The molecule has 0 fully saturated rings. The molecule has 0 aromatic rings. The maximum atomic E-state index is 5.95. The van der Waals surface area contributed by atoms with Gasteiger partial charge in [0.2, 0.25) is 0 Å². The highest BCUT2D eigenvalue weighted by Crippen LogP contribution is 2.19. The van der Waals surface area contributed by atoms with Gasteiger partial charge in [-0.25, -0.2) is 0 Å². The van der Waals surface area contributed by atoms with Gasteiger partial charge < -0.3 is 5.73 Å². The lowest BCUT2D eigenvalue weighted by atomic mass is 10.0. The van der Waals surface area contributed by atoms with Gasteiger partial charge >= 0.3 is 0 Å². The third kappa shape index (κ3) is 5.45. The number of hydrogen-bond acceptors (Lipinski definition) is 1. The molecule has 0 bridgehead atoms. The summed E-state index contributed by atoms with van der Waals surface area (Å²) < 4.78 is 0. The Morgan fingerprint density at radius 3 is 2.00 bits per heavy atom. The minimum Gasteiger partial charge on any atom is -0.327 e. The fourth-order valence-electron chi connectivity index (χ4n) is 1.52. The van der Waals surface area contributed by atoms with Crippen molar-refractivity contribution in [1.29, 1.82) is 0 Å². The Morgan fingerprint density at radius 1 is 1.27 bits per heavy atom. The molecule has 68 valence electrons. The smallest absolute Gasteiger partial charge is 0.0445 e. The summed E-state index contributed by atoms with van der Waals surface area (Å²) in [6.07, 6.45) is 1.12. The molecule has 0 radical (unpaired) electrons. The van der Waals surface area contributed by atoms with Crippen molar-refractivity contribution in [1.82, 2.24) is 0 Å². The molecule has 0 spiro atoms. The first-order valence-corrected chi connectivity index (χ1v) is 8.33. The molecule has 0 aromatic carbocycles. The summed E-state index contributed by atoms with van der Waals surface area (Å²) in [7, 11) is -0.879. The van der Waals surface area contributed by atoms with Crippen LogP contribution in [-0.2, 0) is 0 Å². The van der Waals surface area contributed by atoms with Crippen LogP contribution in [0.3, 0.4) is 0 Å². The second-order valence-electron chi connectivity index (χ2n) is 4.81. The topological polar surface area (TPSA) is 26.0 Å². The van der Waals surface area contributed by atoms with E-state index in [0.29, 0.717) is 12.0 Å². The molecule has 0 aliphatic rings. The lowest BCUT2D eigenvalue weighted by Crippen LogP contribution is -2.33. The summed E-state index contributed by atoms with van der Waals surface area (Å²) in [6.45, 7) is 11.7. The van der Waals surface area contributed by atoms with Crippen LogP contribution >= 0.6 is 0 Å². The Morgan fingerprint density at radius 2 is 1.73 bits per heavy atom. The molecule has 0 aliphatic carbocycles. The molecule has 0 aliphatic heterocycles. The van der Waals surface area contributed by atoms with Crippen LogP contribution in [-0.4, -0.2) is 14.1 Å². The molecule has 0 saturated heterocycles. The van der Waals surface area contributed by atoms with Gasteiger partial charge in [0.25, 0.3) is 0 Å². The first-order chi connectivity index (χ1) is 4.87. The summed E-state index contributed by atoms with van der Waals surface area (Å²) in [5.74, 6) is 0.715. The van der Waals surface area contributed by atoms with Crippen LogP contribution in [0.4, 0.5) is 0 Å². The Balaban J connectivity index is 3.77. The van der Waals surface area contributed by atoms with Gasteiger partial charge in [-0.1, -0.05) is 39.5 Å². The van der Waals surface area contributed by atoms with E-state index in [-0.39, 0.29) is 0 Å². The standard InChI is InChI=1S/C9H23NSi/c1-6-9(10)8(2)7-11(3,4)5/h8-9H,6-7,10H2,1-5H3. The first-order valence-electron chi connectivity index (χ1n) is 4.62. The summed E-state index contributed by atoms with van der Waals surface area (Å²) in [4.78, 5) is 0. The minimum absolute atomic E-state index is 0.418. The van der Waals surface area contributed by atoms with E-state index in [0.717, 1.165) is 6.42 Å². The largest absolute Gasteiger partial charge is 0.327 e. The van der Waals surface area contributed by atoms with E-state index in [1.807, 2.05) is 0 Å². The summed E-state index contributed by atoms with van der Waals surface area (Å²) in [5.41, 5.74) is 5.95. The average Bonchev–Trinajstić information content (AvgIpc) is 1.82. The van der Waals surface area contributed by atoms with Crippen molar-refractivity contribution in [3.05, 3.63) is 0 Å². The zero-order chi connectivity index (χ0) is 9.07. The molecule has 2 unspecified atom stereocenters. The highest BCUT2D eigenvalue weighted by Gasteiger charge is 2.20. The average molecular weight is 173 g/mol. The Kier molecular flexibility index (Phi) is 4.33. The molecule has 11 heavy (non-hydrogen) atoms. The van der Waals surface area contributed by atoms with Gasteiger partial charge in [-0.15, -0.1) is 0 Å². The third-order valence-corrected chi connectivity index (χ3v) is 4.01. The van der Waals surface area contributed by atoms with Crippen molar-refractivity contribution in [2.45, 2.75) is 52.0 Å². The van der Waals surface area contributed by atoms with Crippen LogP contribution in [0, 0.1) is 5.92 Å². The zero-order valence-corrected chi connectivity index (χ0v) is 9.65. The number of rotatable bonds is 4. The maximum Gasteiger partial charge on any atom is 0.0445 e. The maximum absolute atomic E-state index is 5.95. The molecular formula is C9H23NSi. The summed E-state index contributed by atoms with van der Waals surface area (Å²) >= 11 is 0. The van der Waals surface area contributed by atoms with Gasteiger partial charge in [0.1, 0.15) is 0 Å². The number of nitrogens with two attached hydrogens (primary N) is 1. The molecule has 2 N–H and O–H groups in total. The molecule has 1 nitrogen and oxygen atoms in total. The Hall–Kier alpha value is 0.177. The van der Waals surface area contributed by atoms with Gasteiger partial charge in [0.05, 0.1) is 0 Å². The Bertz CT molecular complexity index is 107. The van der Waals surface area contributed by atoms with Crippen LogP contribution in [0.25, 0.3) is 0 Å². The normalized spacial score (nSPS) is 18.0. The molecular weight excluding hydrogens is 150 g/mol. The molecule has 0 amide bonds. The van der Waals surface area contributed by atoms with Crippen LogP contribution in [0.2, 0.25) is 25.7 Å². The second kappa shape index (κ2) is 4.26. The van der Waals surface area contributed by atoms with E-state index in [9.17, 15) is 0 Å². The van der Waals surface area contributed by atoms with E-state index in [2.05, 4.69) is 33.5 Å². The highest BCUT2D eigenvalue weighted by molar-refractivity contribution is 6.76. The zero-order valence-electron chi connectivity index (χ0n) is 8.65. The minimum atomic E-state index is -0.879. The molecule has 0 rings (SSSR count). The van der Waals surface area contributed by atoms with Gasteiger partial charge in [-0.3, -0.25) is 0 Å². The fraction of sp³-hybridized carbons (Fsp3) is 1.00. The molecule has 2 heteroatoms. The molecule has 0 heterocycles. The predicted molar refractivity (Wildman–Crippen MR) is 55.6 cm³/mol. The SMILES string of the molecule is CCC(N)C(C)C[Si](C)(C)C. The van der Waals surface area contributed by atoms with Crippen molar-refractivity contribution < 1.29 is 0 Å². The van der Waals surface area contributed by atoms with Crippen molar-refractivity contribution in [2.24, 2.45) is 11.7 Å². The third-order valence-electron chi connectivity index (χ3n) is 2.14. The number of hydrogen-bond donors (Lipinski definition) is 1. The van der Waals surface area contributed by atoms with Crippen molar-refractivity contribution in [2.75, 3.05) is 0 Å². The Labute approximate surface area is 72.4 Å². The van der Waals surface area contributed by atoms with Crippen molar-refractivity contribution in [3.8, 4) is 0 Å². The van der Waals surface area contributed by atoms with Crippen molar-refractivity contribution >= 4 is 8.07 Å². The van der Waals surface area contributed by atoms with E-state index >= 15 is 0 Å². The fourth-order valence-corrected chi connectivity index (χ4v) is 3.75. The molecule has 2 atom stereocenters.